The minimum absolute atomic E-state index is 0.132. The van der Waals surface area contributed by atoms with Gasteiger partial charge in [0.1, 0.15) is 0 Å². The van der Waals surface area contributed by atoms with Gasteiger partial charge in [0.25, 0.3) is 0 Å². The van der Waals surface area contributed by atoms with Crippen molar-refractivity contribution in [3.8, 4) is 0 Å². The summed E-state index contributed by atoms with van der Waals surface area (Å²) in [5.74, 6) is -4.08. The lowest BCUT2D eigenvalue weighted by molar-refractivity contribution is -0.116. The lowest BCUT2D eigenvalue weighted by Crippen LogP contribution is -2.30. The molecule has 0 aliphatic carbocycles. The molecule has 0 aromatic heterocycles. The molecule has 1 saturated heterocycles. The molecule has 28 heavy (non-hydrogen) atoms. The van der Waals surface area contributed by atoms with Crippen LogP contribution >= 0.6 is 0 Å². The van der Waals surface area contributed by atoms with Crippen LogP contribution in [0.3, 0.4) is 0 Å². The molecule has 2 N–H and O–H groups in total. The number of nitrogens with zero attached hydrogens (tertiary/aromatic N) is 1. The summed E-state index contributed by atoms with van der Waals surface area (Å²) in [4.78, 5) is 14.6. The molecule has 7 heteroatoms. The van der Waals surface area contributed by atoms with Crippen LogP contribution in [0.15, 0.2) is 36.4 Å². The third kappa shape index (κ3) is 5.25. The Hall–Kier alpha value is -2.54. The zero-order valence-electron chi connectivity index (χ0n) is 15.8. The molecule has 1 unspecified atom stereocenters. The van der Waals surface area contributed by atoms with Gasteiger partial charge < -0.3 is 15.5 Å². The number of benzene rings is 2. The number of rotatable bonds is 7. The number of carbonyl (C=O) groups is 1. The molecule has 1 amide bonds. The monoisotopic (exact) mass is 391 g/mol. The van der Waals surface area contributed by atoms with E-state index in [4.69, 9.17) is 0 Å². The van der Waals surface area contributed by atoms with Crippen molar-refractivity contribution < 1.29 is 18.0 Å². The second-order valence-electron chi connectivity index (χ2n) is 7.15. The van der Waals surface area contributed by atoms with Crippen molar-refractivity contribution in [1.29, 1.82) is 0 Å². The molecule has 0 radical (unpaired) electrons. The fourth-order valence-corrected chi connectivity index (χ4v) is 3.32. The zero-order valence-corrected chi connectivity index (χ0v) is 15.8. The van der Waals surface area contributed by atoms with Crippen LogP contribution in [0.2, 0.25) is 0 Å². The Bertz CT molecular complexity index is 814. The highest BCUT2D eigenvalue weighted by Crippen LogP contribution is 2.23. The summed E-state index contributed by atoms with van der Waals surface area (Å²) >= 11 is 0. The number of amides is 1. The van der Waals surface area contributed by atoms with E-state index >= 15 is 0 Å². The normalized spacial score (nSPS) is 14.9. The highest BCUT2D eigenvalue weighted by atomic mass is 19.2. The van der Waals surface area contributed by atoms with Crippen molar-refractivity contribution in [3.63, 3.8) is 0 Å². The van der Waals surface area contributed by atoms with Gasteiger partial charge in [0.2, 0.25) is 5.91 Å². The van der Waals surface area contributed by atoms with E-state index in [0.29, 0.717) is 0 Å². The number of carbonyl (C=O) groups excluding carboxylic acids is 1. The molecular weight excluding hydrogens is 367 g/mol. The van der Waals surface area contributed by atoms with E-state index in [1.165, 1.54) is 12.8 Å². The summed E-state index contributed by atoms with van der Waals surface area (Å²) in [7, 11) is 0. The predicted molar refractivity (Wildman–Crippen MR) is 104 cm³/mol. The average molecular weight is 391 g/mol. The van der Waals surface area contributed by atoms with Crippen molar-refractivity contribution in [2.75, 3.05) is 23.3 Å². The van der Waals surface area contributed by atoms with Crippen LogP contribution < -0.4 is 15.5 Å². The van der Waals surface area contributed by atoms with Crippen LogP contribution in [0.25, 0.3) is 0 Å². The van der Waals surface area contributed by atoms with E-state index in [9.17, 15) is 18.0 Å². The number of hydrogen-bond acceptors (Lipinski definition) is 3. The van der Waals surface area contributed by atoms with Gasteiger partial charge in [0.15, 0.2) is 17.5 Å². The SMILES string of the molecule is CC(CC(=O)Nc1cccc(N2CCCC2)c1)NCc1cc(F)c(F)c(F)c1. The number of hydrogen-bond donors (Lipinski definition) is 2. The average Bonchev–Trinajstić information content (AvgIpc) is 3.19. The van der Waals surface area contributed by atoms with Gasteiger partial charge in [-0.25, -0.2) is 13.2 Å². The van der Waals surface area contributed by atoms with Crippen molar-refractivity contribution >= 4 is 17.3 Å². The third-order valence-electron chi connectivity index (χ3n) is 4.79. The van der Waals surface area contributed by atoms with E-state index in [0.717, 1.165) is 36.6 Å². The molecule has 0 spiro atoms. The summed E-state index contributed by atoms with van der Waals surface area (Å²) in [5.41, 5.74) is 2.12. The van der Waals surface area contributed by atoms with Crippen LogP contribution in [-0.4, -0.2) is 25.0 Å². The molecule has 1 aliphatic heterocycles. The smallest absolute Gasteiger partial charge is 0.225 e. The first kappa shape index (κ1) is 20.2. The molecule has 0 bridgehead atoms. The summed E-state index contributed by atoms with van der Waals surface area (Å²) in [5, 5.41) is 5.91. The largest absolute Gasteiger partial charge is 0.371 e. The second kappa shape index (κ2) is 9.10. The maximum Gasteiger partial charge on any atom is 0.225 e. The number of anilines is 2. The van der Waals surface area contributed by atoms with Gasteiger partial charge in [-0.3, -0.25) is 4.79 Å². The van der Waals surface area contributed by atoms with Gasteiger partial charge in [-0.05, 0) is 55.7 Å². The van der Waals surface area contributed by atoms with E-state index in [1.807, 2.05) is 24.3 Å². The molecule has 2 aromatic carbocycles. The summed E-state index contributed by atoms with van der Waals surface area (Å²) in [6, 6.07) is 9.43. The molecule has 1 aliphatic rings. The summed E-state index contributed by atoms with van der Waals surface area (Å²) in [6.45, 7) is 4.00. The number of nitrogens with one attached hydrogen (secondary N) is 2. The minimum atomic E-state index is -1.48. The Morgan fingerprint density at radius 3 is 2.46 bits per heavy atom. The highest BCUT2D eigenvalue weighted by molar-refractivity contribution is 5.91. The molecule has 0 saturated carbocycles. The number of halogens is 3. The van der Waals surface area contributed by atoms with Crippen LogP contribution in [0.4, 0.5) is 24.5 Å². The van der Waals surface area contributed by atoms with Crippen molar-refractivity contribution in [2.24, 2.45) is 0 Å². The van der Waals surface area contributed by atoms with Gasteiger partial charge in [0, 0.05) is 43.5 Å². The maximum absolute atomic E-state index is 13.3. The molecular formula is C21H24F3N3O. The zero-order chi connectivity index (χ0) is 20.1. The highest BCUT2D eigenvalue weighted by Gasteiger charge is 2.15. The summed E-state index contributed by atoms with van der Waals surface area (Å²) < 4.78 is 39.5. The van der Waals surface area contributed by atoms with Gasteiger partial charge in [0.05, 0.1) is 0 Å². The van der Waals surface area contributed by atoms with E-state index in [2.05, 4.69) is 15.5 Å². The first-order valence-electron chi connectivity index (χ1n) is 9.44. The molecule has 4 nitrogen and oxygen atoms in total. The minimum Gasteiger partial charge on any atom is -0.371 e. The maximum atomic E-state index is 13.3. The van der Waals surface area contributed by atoms with Gasteiger partial charge in [-0.15, -0.1) is 0 Å². The predicted octanol–water partition coefficient (Wildman–Crippen LogP) is 4.21. The third-order valence-corrected chi connectivity index (χ3v) is 4.79. The molecule has 2 aromatic rings. The van der Waals surface area contributed by atoms with Crippen LogP contribution in [-0.2, 0) is 11.3 Å². The van der Waals surface area contributed by atoms with Crippen molar-refractivity contribution in [1.82, 2.24) is 5.32 Å². The Balaban J connectivity index is 1.50. The van der Waals surface area contributed by atoms with Crippen molar-refractivity contribution in [3.05, 3.63) is 59.4 Å². The topological polar surface area (TPSA) is 44.4 Å². The molecule has 1 heterocycles. The molecule has 1 fully saturated rings. The first-order chi connectivity index (χ1) is 13.4. The van der Waals surface area contributed by atoms with Crippen molar-refractivity contribution in [2.45, 2.75) is 38.8 Å². The lowest BCUT2D eigenvalue weighted by Gasteiger charge is -2.19. The van der Waals surface area contributed by atoms with E-state index < -0.39 is 17.5 Å². The lowest BCUT2D eigenvalue weighted by atomic mass is 10.1. The van der Waals surface area contributed by atoms with Gasteiger partial charge in [-0.2, -0.15) is 0 Å². The first-order valence-corrected chi connectivity index (χ1v) is 9.44. The Labute approximate surface area is 162 Å². The van der Waals surface area contributed by atoms with Gasteiger partial charge >= 0.3 is 0 Å². The molecule has 1 atom stereocenters. The van der Waals surface area contributed by atoms with Crippen LogP contribution in [0.1, 0.15) is 31.7 Å². The molecule has 150 valence electrons. The Morgan fingerprint density at radius 2 is 1.79 bits per heavy atom. The van der Waals surface area contributed by atoms with Crippen LogP contribution in [0, 0.1) is 17.5 Å². The molecule has 3 rings (SSSR count). The fraction of sp³-hybridized carbons (Fsp3) is 0.381. The van der Waals surface area contributed by atoms with Gasteiger partial charge in [-0.1, -0.05) is 6.07 Å². The van der Waals surface area contributed by atoms with Crippen LogP contribution in [0.5, 0.6) is 0 Å². The van der Waals surface area contributed by atoms with E-state index in [-0.39, 0.29) is 30.5 Å². The summed E-state index contributed by atoms with van der Waals surface area (Å²) in [6.07, 6.45) is 2.56. The Morgan fingerprint density at radius 1 is 1.11 bits per heavy atom. The fourth-order valence-electron chi connectivity index (χ4n) is 3.32. The quantitative estimate of drug-likeness (QED) is 0.695. The Kier molecular flexibility index (Phi) is 6.57. The second-order valence-corrected chi connectivity index (χ2v) is 7.15. The standard InChI is InChI=1S/C21H24F3N3O/c1-14(25-13-15-10-18(22)21(24)19(23)11-15)9-20(28)26-16-5-4-6-17(12-16)27-7-2-3-8-27/h4-6,10-12,14,25H,2-3,7-9,13H2,1H3,(H,26,28). The van der Waals surface area contributed by atoms with E-state index in [1.54, 1.807) is 6.92 Å².